The second-order valence-electron chi connectivity index (χ2n) is 5.77. The molecule has 8 nitrogen and oxygen atoms in total. The number of halogens is 1. The van der Waals surface area contributed by atoms with Crippen molar-refractivity contribution in [3.8, 4) is 0 Å². The lowest BCUT2D eigenvalue weighted by Gasteiger charge is -2.08. The summed E-state index contributed by atoms with van der Waals surface area (Å²) in [6, 6.07) is 4.71. The molecule has 0 aliphatic heterocycles. The molecule has 2 aromatic rings. The maximum atomic E-state index is 12.8. The number of hydrogen-bond acceptors (Lipinski definition) is 5. The number of esters is 1. The molecule has 3 N–H and O–H groups in total. The maximum absolute atomic E-state index is 12.8. The van der Waals surface area contributed by atoms with Crippen molar-refractivity contribution in [2.45, 2.75) is 20.8 Å². The molecule has 0 atom stereocenters. The third kappa shape index (κ3) is 4.78. The second kappa shape index (κ2) is 8.26. The van der Waals surface area contributed by atoms with Gasteiger partial charge in [0.2, 0.25) is 0 Å². The highest BCUT2D eigenvalue weighted by molar-refractivity contribution is 6.01. The monoisotopic (exact) mass is 375 g/mol. The quantitative estimate of drug-likeness (QED) is 0.417. The lowest BCUT2D eigenvalue weighted by atomic mass is 10.1. The standard InChI is InChI=1S/C18H18FN3O5/c1-9-15(11(3)23)10(2)20-16(9)18(26)27-8-14(24)21-22-17(25)12-4-6-13(19)7-5-12/h4-7,20H,8H2,1-3H3,(H,21,24)(H,22,25). The van der Waals surface area contributed by atoms with Gasteiger partial charge in [0.1, 0.15) is 11.5 Å². The molecule has 2 amide bonds. The molecular weight excluding hydrogens is 357 g/mol. The fourth-order valence-electron chi connectivity index (χ4n) is 2.52. The number of ketones is 1. The summed E-state index contributed by atoms with van der Waals surface area (Å²) >= 11 is 0. The van der Waals surface area contributed by atoms with Crippen molar-refractivity contribution < 1.29 is 28.3 Å². The molecule has 0 bridgehead atoms. The molecule has 0 saturated carbocycles. The Kier molecular flexibility index (Phi) is 6.07. The summed E-state index contributed by atoms with van der Waals surface area (Å²) in [7, 11) is 0. The minimum Gasteiger partial charge on any atom is -0.451 e. The highest BCUT2D eigenvalue weighted by Gasteiger charge is 2.21. The van der Waals surface area contributed by atoms with Gasteiger partial charge < -0.3 is 9.72 Å². The van der Waals surface area contributed by atoms with E-state index < -0.39 is 30.2 Å². The van der Waals surface area contributed by atoms with Gasteiger partial charge in [-0.2, -0.15) is 0 Å². The van der Waals surface area contributed by atoms with E-state index in [1.165, 1.54) is 19.1 Å². The number of carbonyl (C=O) groups is 4. The van der Waals surface area contributed by atoms with E-state index in [1.54, 1.807) is 13.8 Å². The first-order valence-electron chi connectivity index (χ1n) is 7.92. The fraction of sp³-hybridized carbons (Fsp3) is 0.222. The molecule has 0 unspecified atom stereocenters. The first-order valence-corrected chi connectivity index (χ1v) is 7.92. The van der Waals surface area contributed by atoms with Crippen LogP contribution in [0.2, 0.25) is 0 Å². The van der Waals surface area contributed by atoms with Gasteiger partial charge in [0.25, 0.3) is 11.8 Å². The number of aryl methyl sites for hydroxylation is 1. The normalized spacial score (nSPS) is 10.2. The smallest absolute Gasteiger partial charge is 0.355 e. The average Bonchev–Trinajstić information content (AvgIpc) is 2.92. The molecule has 0 aliphatic rings. The lowest BCUT2D eigenvalue weighted by Crippen LogP contribution is -2.43. The first kappa shape index (κ1) is 19.8. The average molecular weight is 375 g/mol. The van der Waals surface area contributed by atoms with E-state index in [-0.39, 0.29) is 17.0 Å². The summed E-state index contributed by atoms with van der Waals surface area (Å²) in [5, 5.41) is 0. The maximum Gasteiger partial charge on any atom is 0.355 e. The van der Waals surface area contributed by atoms with Crippen molar-refractivity contribution in [3.05, 3.63) is 58.2 Å². The molecule has 0 aliphatic carbocycles. The molecule has 142 valence electrons. The third-order valence-electron chi connectivity index (χ3n) is 3.75. The Bertz CT molecular complexity index is 902. The molecule has 1 aromatic carbocycles. The van der Waals surface area contributed by atoms with Gasteiger partial charge in [0.05, 0.1) is 0 Å². The number of carbonyl (C=O) groups excluding carboxylic acids is 4. The Morgan fingerprint density at radius 3 is 2.26 bits per heavy atom. The minimum atomic E-state index is -0.803. The van der Waals surface area contributed by atoms with E-state index in [0.29, 0.717) is 16.8 Å². The van der Waals surface area contributed by atoms with Gasteiger partial charge in [-0.1, -0.05) is 0 Å². The SMILES string of the molecule is CC(=O)c1c(C)[nH]c(C(=O)OCC(=O)NNC(=O)c2ccc(F)cc2)c1C. The molecule has 27 heavy (non-hydrogen) atoms. The van der Waals surface area contributed by atoms with Crippen LogP contribution in [-0.4, -0.2) is 35.2 Å². The molecule has 0 radical (unpaired) electrons. The van der Waals surface area contributed by atoms with Crippen LogP contribution >= 0.6 is 0 Å². The number of hydrogen-bond donors (Lipinski definition) is 3. The summed E-state index contributed by atoms with van der Waals surface area (Å²) in [6.07, 6.45) is 0. The van der Waals surface area contributed by atoms with Crippen molar-refractivity contribution in [1.82, 2.24) is 15.8 Å². The second-order valence-corrected chi connectivity index (χ2v) is 5.77. The predicted molar refractivity (Wildman–Crippen MR) is 92.6 cm³/mol. The van der Waals surface area contributed by atoms with Gasteiger partial charge in [-0.05, 0) is 50.6 Å². The topological polar surface area (TPSA) is 117 Å². The van der Waals surface area contributed by atoms with E-state index in [4.69, 9.17) is 4.74 Å². The molecule has 0 saturated heterocycles. The van der Waals surface area contributed by atoms with Crippen LogP contribution in [0.5, 0.6) is 0 Å². The zero-order chi connectivity index (χ0) is 20.1. The van der Waals surface area contributed by atoms with Crippen LogP contribution in [0.3, 0.4) is 0 Å². The summed E-state index contributed by atoms with van der Waals surface area (Å²) in [4.78, 5) is 49.9. The van der Waals surface area contributed by atoms with E-state index in [2.05, 4.69) is 15.8 Å². The van der Waals surface area contributed by atoms with Gasteiger partial charge in [0, 0.05) is 16.8 Å². The molecule has 2 rings (SSSR count). The number of nitrogens with one attached hydrogen (secondary N) is 3. The van der Waals surface area contributed by atoms with Gasteiger partial charge in [-0.15, -0.1) is 0 Å². The number of aromatic amines is 1. The number of ether oxygens (including phenoxy) is 1. The lowest BCUT2D eigenvalue weighted by molar-refractivity contribution is -0.125. The van der Waals surface area contributed by atoms with Crippen molar-refractivity contribution in [2.75, 3.05) is 6.61 Å². The minimum absolute atomic E-state index is 0.0841. The van der Waals surface area contributed by atoms with Crippen LogP contribution in [-0.2, 0) is 9.53 Å². The molecule has 1 aromatic heterocycles. The fourth-order valence-corrected chi connectivity index (χ4v) is 2.52. The summed E-state index contributed by atoms with van der Waals surface area (Å²) in [5.74, 6) is -2.92. The van der Waals surface area contributed by atoms with Gasteiger partial charge >= 0.3 is 5.97 Å². The number of hydrazine groups is 1. The van der Waals surface area contributed by atoms with Crippen molar-refractivity contribution in [3.63, 3.8) is 0 Å². The van der Waals surface area contributed by atoms with Crippen LogP contribution in [0.25, 0.3) is 0 Å². The number of benzene rings is 1. The van der Waals surface area contributed by atoms with Gasteiger partial charge in [-0.25, -0.2) is 9.18 Å². The van der Waals surface area contributed by atoms with Gasteiger partial charge in [-0.3, -0.25) is 25.2 Å². The van der Waals surface area contributed by atoms with Crippen LogP contribution in [0.15, 0.2) is 24.3 Å². The van der Waals surface area contributed by atoms with E-state index in [0.717, 1.165) is 12.1 Å². The Hall–Kier alpha value is -3.49. The van der Waals surface area contributed by atoms with Crippen LogP contribution < -0.4 is 10.9 Å². The first-order chi connectivity index (χ1) is 12.7. The van der Waals surface area contributed by atoms with Crippen LogP contribution in [0, 0.1) is 19.7 Å². The number of amides is 2. The van der Waals surface area contributed by atoms with Gasteiger partial charge in [0.15, 0.2) is 12.4 Å². The summed E-state index contributed by atoms with van der Waals surface area (Å²) < 4.78 is 17.7. The Morgan fingerprint density at radius 1 is 1.07 bits per heavy atom. The highest BCUT2D eigenvalue weighted by atomic mass is 19.1. The molecular formula is C18H18FN3O5. The number of rotatable bonds is 5. The molecule has 1 heterocycles. The largest absolute Gasteiger partial charge is 0.451 e. The van der Waals surface area contributed by atoms with Crippen molar-refractivity contribution >= 4 is 23.6 Å². The Morgan fingerprint density at radius 2 is 1.70 bits per heavy atom. The zero-order valence-corrected chi connectivity index (χ0v) is 14.9. The molecule has 0 fully saturated rings. The van der Waals surface area contributed by atoms with E-state index in [9.17, 15) is 23.6 Å². The molecule has 9 heteroatoms. The van der Waals surface area contributed by atoms with Crippen molar-refractivity contribution in [2.24, 2.45) is 0 Å². The summed E-state index contributed by atoms with van der Waals surface area (Å²) in [5.41, 5.74) is 5.79. The van der Waals surface area contributed by atoms with E-state index >= 15 is 0 Å². The predicted octanol–water partition coefficient (Wildman–Crippen LogP) is 1.59. The zero-order valence-electron chi connectivity index (χ0n) is 14.9. The third-order valence-corrected chi connectivity index (χ3v) is 3.75. The van der Waals surface area contributed by atoms with Crippen molar-refractivity contribution in [1.29, 1.82) is 0 Å². The number of H-pyrrole nitrogens is 1. The highest BCUT2D eigenvalue weighted by Crippen LogP contribution is 2.19. The number of Topliss-reactive ketones (excluding diaryl/α,β-unsaturated/α-hetero) is 1. The Labute approximate surface area is 154 Å². The van der Waals surface area contributed by atoms with Crippen LogP contribution in [0.1, 0.15) is 49.4 Å². The Balaban J connectivity index is 1.87. The molecule has 0 spiro atoms. The number of aromatic nitrogens is 1. The van der Waals surface area contributed by atoms with E-state index in [1.807, 2.05) is 0 Å². The summed E-state index contributed by atoms with van der Waals surface area (Å²) in [6.45, 7) is 3.99. The van der Waals surface area contributed by atoms with Crippen LogP contribution in [0.4, 0.5) is 4.39 Å².